The summed E-state index contributed by atoms with van der Waals surface area (Å²) in [6, 6.07) is 6.84. The van der Waals surface area contributed by atoms with Crippen molar-refractivity contribution in [3.05, 3.63) is 41.5 Å². The van der Waals surface area contributed by atoms with Crippen molar-refractivity contribution in [3.8, 4) is 5.75 Å². The largest absolute Gasteiger partial charge is 0.508 e. The van der Waals surface area contributed by atoms with Gasteiger partial charge in [-0.3, -0.25) is 0 Å². The third-order valence-corrected chi connectivity index (χ3v) is 3.30. The van der Waals surface area contributed by atoms with E-state index in [2.05, 4.69) is 15.5 Å². The molecule has 1 unspecified atom stereocenters. The van der Waals surface area contributed by atoms with Crippen LogP contribution >= 0.6 is 0 Å². The van der Waals surface area contributed by atoms with Gasteiger partial charge in [0, 0.05) is 13.0 Å². The Kier molecular flexibility index (Phi) is 2.96. The molecule has 19 heavy (non-hydrogen) atoms. The number of hydrogen-bond donors (Lipinski definition) is 3. The van der Waals surface area contributed by atoms with E-state index in [0.29, 0.717) is 25.2 Å². The molecule has 1 aromatic heterocycles. The van der Waals surface area contributed by atoms with Gasteiger partial charge >= 0.3 is 0 Å². The third kappa shape index (κ3) is 2.45. The van der Waals surface area contributed by atoms with Crippen molar-refractivity contribution in [2.45, 2.75) is 18.4 Å². The van der Waals surface area contributed by atoms with Gasteiger partial charge in [0.15, 0.2) is 11.4 Å². The molecule has 2 heterocycles. The fraction of sp³-hybridized carbons (Fsp3) is 0.385. The molecule has 0 amide bonds. The van der Waals surface area contributed by atoms with Crippen molar-refractivity contribution in [1.82, 2.24) is 15.5 Å². The van der Waals surface area contributed by atoms with Gasteiger partial charge in [-0.1, -0.05) is 17.3 Å². The summed E-state index contributed by atoms with van der Waals surface area (Å²) in [7, 11) is 0. The number of aliphatic hydroxyl groups is 1. The van der Waals surface area contributed by atoms with Crippen LogP contribution in [0.1, 0.15) is 23.7 Å². The van der Waals surface area contributed by atoms with Crippen molar-refractivity contribution in [2.75, 3.05) is 13.1 Å². The standard InChI is InChI=1S/C13H15N3O3/c17-10-3-1-9(2-4-10)7-11-15-12(19-16-11)13(18)5-6-14-8-13/h1-4,14,17-18H,5-8H2. The summed E-state index contributed by atoms with van der Waals surface area (Å²) in [6.07, 6.45) is 1.08. The van der Waals surface area contributed by atoms with E-state index in [1.807, 2.05) is 0 Å². The molecule has 0 bridgehead atoms. The first-order valence-corrected chi connectivity index (χ1v) is 6.20. The monoisotopic (exact) mass is 261 g/mol. The first-order chi connectivity index (χ1) is 9.16. The zero-order valence-electron chi connectivity index (χ0n) is 10.3. The Bertz CT molecular complexity index is 559. The van der Waals surface area contributed by atoms with Crippen molar-refractivity contribution in [2.24, 2.45) is 0 Å². The minimum absolute atomic E-state index is 0.226. The molecule has 3 rings (SSSR count). The Morgan fingerprint density at radius 1 is 1.32 bits per heavy atom. The highest BCUT2D eigenvalue weighted by Crippen LogP contribution is 2.26. The Hall–Kier alpha value is -1.92. The van der Waals surface area contributed by atoms with E-state index in [4.69, 9.17) is 4.52 Å². The van der Waals surface area contributed by atoms with Gasteiger partial charge in [-0.15, -0.1) is 0 Å². The molecule has 6 nitrogen and oxygen atoms in total. The number of phenolic OH excluding ortho intramolecular Hbond substituents is 1. The third-order valence-electron chi connectivity index (χ3n) is 3.30. The predicted molar refractivity (Wildman–Crippen MR) is 66.6 cm³/mol. The lowest BCUT2D eigenvalue weighted by Gasteiger charge is -2.14. The first kappa shape index (κ1) is 12.1. The van der Waals surface area contributed by atoms with E-state index >= 15 is 0 Å². The van der Waals surface area contributed by atoms with Crippen LogP contribution in [0.2, 0.25) is 0 Å². The molecule has 0 saturated carbocycles. The Labute approximate surface area is 110 Å². The fourth-order valence-corrected chi connectivity index (χ4v) is 2.17. The maximum absolute atomic E-state index is 10.3. The average Bonchev–Trinajstić information content (AvgIpc) is 3.02. The Morgan fingerprint density at radius 2 is 2.11 bits per heavy atom. The van der Waals surface area contributed by atoms with Crippen LogP contribution in [-0.4, -0.2) is 33.4 Å². The van der Waals surface area contributed by atoms with Gasteiger partial charge in [0.2, 0.25) is 0 Å². The molecule has 3 N–H and O–H groups in total. The number of phenols is 1. The summed E-state index contributed by atoms with van der Waals surface area (Å²) in [5, 5.41) is 26.5. The molecule has 6 heteroatoms. The lowest BCUT2D eigenvalue weighted by molar-refractivity contribution is 0.0243. The molecular formula is C13H15N3O3. The second kappa shape index (κ2) is 4.64. The Morgan fingerprint density at radius 3 is 2.79 bits per heavy atom. The minimum atomic E-state index is -1.04. The zero-order chi connectivity index (χ0) is 13.3. The van der Waals surface area contributed by atoms with Gasteiger partial charge in [0.25, 0.3) is 5.89 Å². The van der Waals surface area contributed by atoms with E-state index < -0.39 is 5.60 Å². The molecule has 1 aliphatic rings. The van der Waals surface area contributed by atoms with Gasteiger partial charge in [-0.2, -0.15) is 4.98 Å². The minimum Gasteiger partial charge on any atom is -0.508 e. The fourth-order valence-electron chi connectivity index (χ4n) is 2.17. The Balaban J connectivity index is 1.76. The molecule has 0 radical (unpaired) electrons. The van der Waals surface area contributed by atoms with Gasteiger partial charge in [-0.05, 0) is 30.7 Å². The highest BCUT2D eigenvalue weighted by atomic mass is 16.5. The molecule has 1 atom stereocenters. The molecule has 1 aliphatic heterocycles. The average molecular weight is 261 g/mol. The summed E-state index contributed by atoms with van der Waals surface area (Å²) in [4.78, 5) is 4.25. The summed E-state index contributed by atoms with van der Waals surface area (Å²) in [6.45, 7) is 1.18. The molecule has 1 aromatic carbocycles. The second-order valence-electron chi connectivity index (χ2n) is 4.82. The van der Waals surface area contributed by atoms with E-state index in [-0.39, 0.29) is 11.6 Å². The van der Waals surface area contributed by atoms with Crippen LogP contribution in [0.3, 0.4) is 0 Å². The van der Waals surface area contributed by atoms with Crippen LogP contribution < -0.4 is 5.32 Å². The summed E-state index contributed by atoms with van der Waals surface area (Å²) in [5.74, 6) is 1.02. The van der Waals surface area contributed by atoms with Crippen molar-refractivity contribution >= 4 is 0 Å². The SMILES string of the molecule is Oc1ccc(Cc2noc(C3(O)CCNC3)n2)cc1. The van der Waals surface area contributed by atoms with Crippen LogP contribution in [0.15, 0.2) is 28.8 Å². The van der Waals surface area contributed by atoms with E-state index in [1.165, 1.54) is 0 Å². The molecule has 2 aromatic rings. The molecule has 1 fully saturated rings. The van der Waals surface area contributed by atoms with Crippen LogP contribution in [0.4, 0.5) is 0 Å². The second-order valence-corrected chi connectivity index (χ2v) is 4.82. The van der Waals surface area contributed by atoms with Gasteiger partial charge in [0.1, 0.15) is 5.75 Å². The maximum atomic E-state index is 10.3. The molecule has 0 aliphatic carbocycles. The quantitative estimate of drug-likeness (QED) is 0.747. The smallest absolute Gasteiger partial charge is 0.259 e. The number of rotatable bonds is 3. The number of nitrogens with one attached hydrogen (secondary N) is 1. The topological polar surface area (TPSA) is 91.4 Å². The van der Waals surface area contributed by atoms with Crippen LogP contribution in [0.25, 0.3) is 0 Å². The van der Waals surface area contributed by atoms with Gasteiger partial charge in [0.05, 0.1) is 0 Å². The van der Waals surface area contributed by atoms with Crippen molar-refractivity contribution < 1.29 is 14.7 Å². The summed E-state index contributed by atoms with van der Waals surface area (Å²) < 4.78 is 5.15. The van der Waals surface area contributed by atoms with Crippen molar-refractivity contribution in [3.63, 3.8) is 0 Å². The lowest BCUT2D eigenvalue weighted by atomic mass is 10.0. The molecule has 100 valence electrons. The highest BCUT2D eigenvalue weighted by molar-refractivity contribution is 5.27. The normalized spacial score (nSPS) is 22.8. The van der Waals surface area contributed by atoms with Crippen LogP contribution in [-0.2, 0) is 12.0 Å². The predicted octanol–water partition coefficient (Wildman–Crippen LogP) is 0.547. The number of aromatic nitrogens is 2. The number of nitrogens with zero attached hydrogens (tertiary/aromatic N) is 2. The van der Waals surface area contributed by atoms with E-state index in [9.17, 15) is 10.2 Å². The van der Waals surface area contributed by atoms with Gasteiger partial charge < -0.3 is 20.1 Å². The molecule has 1 saturated heterocycles. The number of β-amino-alcohol motifs (C(OH)–C–C–N with tert-alkyl or cyclic N) is 1. The first-order valence-electron chi connectivity index (χ1n) is 6.20. The number of hydrogen-bond acceptors (Lipinski definition) is 6. The summed E-state index contributed by atoms with van der Waals surface area (Å²) >= 11 is 0. The van der Waals surface area contributed by atoms with Gasteiger partial charge in [-0.25, -0.2) is 0 Å². The summed E-state index contributed by atoms with van der Waals surface area (Å²) in [5.41, 5.74) is -0.0677. The molecular weight excluding hydrogens is 246 g/mol. The number of benzene rings is 1. The molecule has 0 spiro atoms. The maximum Gasteiger partial charge on any atom is 0.259 e. The van der Waals surface area contributed by atoms with Crippen LogP contribution in [0, 0.1) is 0 Å². The van der Waals surface area contributed by atoms with Crippen molar-refractivity contribution in [1.29, 1.82) is 0 Å². The zero-order valence-corrected chi connectivity index (χ0v) is 10.3. The van der Waals surface area contributed by atoms with E-state index in [1.54, 1.807) is 24.3 Å². The van der Waals surface area contributed by atoms with E-state index in [0.717, 1.165) is 12.1 Å². The van der Waals surface area contributed by atoms with Crippen LogP contribution in [0.5, 0.6) is 5.75 Å². The highest BCUT2D eigenvalue weighted by Gasteiger charge is 2.38. The lowest BCUT2D eigenvalue weighted by Crippen LogP contribution is -2.28. The number of aromatic hydroxyl groups is 1.